The summed E-state index contributed by atoms with van der Waals surface area (Å²) in [6, 6.07) is 10.1. The Bertz CT molecular complexity index is 1860. The van der Waals surface area contributed by atoms with Crippen LogP contribution in [0.15, 0.2) is 64.1 Å². The van der Waals surface area contributed by atoms with Gasteiger partial charge in [0.1, 0.15) is 5.75 Å². The minimum atomic E-state index is -4.84. The van der Waals surface area contributed by atoms with Gasteiger partial charge >= 0.3 is 12.1 Å². The molecule has 0 saturated heterocycles. The fourth-order valence-corrected chi connectivity index (χ4v) is 5.00. The number of ketones is 1. The summed E-state index contributed by atoms with van der Waals surface area (Å²) in [7, 11) is 4.66. The predicted molar refractivity (Wildman–Crippen MR) is 151 cm³/mol. The molecule has 0 unspecified atom stereocenters. The first-order valence-corrected chi connectivity index (χ1v) is 13.3. The van der Waals surface area contributed by atoms with E-state index in [-0.39, 0.29) is 52.7 Å². The molecule has 0 bridgehead atoms. The molecule has 224 valence electrons. The number of fused-ring (bicyclic) bond motifs is 1. The molecule has 3 heterocycles. The number of methoxy groups -OCH3 is 2. The van der Waals surface area contributed by atoms with Crippen LogP contribution in [0.3, 0.4) is 0 Å². The van der Waals surface area contributed by atoms with E-state index in [1.54, 1.807) is 4.68 Å². The molecule has 0 spiro atoms. The molecule has 0 radical (unpaired) electrons. The number of carbonyl (C=O) groups excluding carboxylic acids is 1. The average molecular weight is 616 g/mol. The van der Waals surface area contributed by atoms with Crippen molar-refractivity contribution in [3.8, 4) is 28.3 Å². The Hall–Kier alpha value is -4.49. The number of halogens is 4. The Morgan fingerprint density at radius 1 is 1.05 bits per heavy atom. The van der Waals surface area contributed by atoms with Crippen molar-refractivity contribution in [2.24, 2.45) is 7.05 Å². The maximum Gasteiger partial charge on any atom is 0.470 e. The number of Topliss-reactive ketones (excluding diaryl/α,β-unsaturated/α-hetero) is 1. The highest BCUT2D eigenvalue weighted by molar-refractivity contribution is 6.31. The lowest BCUT2D eigenvalue weighted by Crippen LogP contribution is -2.31. The van der Waals surface area contributed by atoms with Crippen LogP contribution in [0, 0.1) is 0 Å². The van der Waals surface area contributed by atoms with Gasteiger partial charge in [0, 0.05) is 61.0 Å². The summed E-state index contributed by atoms with van der Waals surface area (Å²) in [5, 5.41) is 12.1. The minimum Gasteiger partial charge on any atom is -0.495 e. The lowest BCUT2D eigenvalue weighted by atomic mass is 9.98. The Labute approximate surface area is 247 Å². The molecule has 43 heavy (non-hydrogen) atoms. The summed E-state index contributed by atoms with van der Waals surface area (Å²) in [6.45, 7) is 0.200. The fourth-order valence-electron chi connectivity index (χ4n) is 4.83. The Kier molecular flexibility index (Phi) is 8.38. The lowest BCUT2D eigenvalue weighted by molar-refractivity contribution is -0.157. The van der Waals surface area contributed by atoms with Crippen LogP contribution in [-0.2, 0) is 29.2 Å². The van der Waals surface area contributed by atoms with Gasteiger partial charge in [-0.3, -0.25) is 14.3 Å². The van der Waals surface area contributed by atoms with Gasteiger partial charge < -0.3 is 18.5 Å². The highest BCUT2D eigenvalue weighted by atomic mass is 35.5. The lowest BCUT2D eigenvalue weighted by Gasteiger charge is -2.21. The molecule has 3 aromatic heterocycles. The molecule has 5 rings (SSSR count). The summed E-state index contributed by atoms with van der Waals surface area (Å²) < 4.78 is 58.1. The quantitative estimate of drug-likeness (QED) is 0.202. The first-order valence-electron chi connectivity index (χ1n) is 12.9. The molecule has 14 heteroatoms. The molecule has 0 aliphatic heterocycles. The molecule has 10 nitrogen and oxygen atoms in total. The van der Waals surface area contributed by atoms with E-state index in [2.05, 4.69) is 15.3 Å². The van der Waals surface area contributed by atoms with Crippen LogP contribution < -0.4 is 10.3 Å². The van der Waals surface area contributed by atoms with E-state index < -0.39 is 29.6 Å². The van der Waals surface area contributed by atoms with E-state index in [1.165, 1.54) is 49.2 Å². The fraction of sp³-hybridized carbons (Fsp3) is 0.276. The van der Waals surface area contributed by atoms with Crippen LogP contribution in [0.5, 0.6) is 5.75 Å². The third-order valence-corrected chi connectivity index (χ3v) is 7.03. The maximum absolute atomic E-state index is 13.6. The smallest absolute Gasteiger partial charge is 0.470 e. The second kappa shape index (κ2) is 12.0. The predicted octanol–water partition coefficient (Wildman–Crippen LogP) is 5.52. The summed E-state index contributed by atoms with van der Waals surface area (Å²) in [5.41, 5.74) is 1.51. The number of aromatic nitrogens is 5. The third kappa shape index (κ3) is 6.32. The second-order valence-corrected chi connectivity index (χ2v) is 10.2. The van der Waals surface area contributed by atoms with Gasteiger partial charge in [0.05, 0.1) is 24.9 Å². The van der Waals surface area contributed by atoms with Gasteiger partial charge in [-0.2, -0.15) is 18.3 Å². The number of carbonyl (C=O) groups is 1. The molecule has 0 aliphatic rings. The summed E-state index contributed by atoms with van der Waals surface area (Å²) >= 11 is 6.23. The highest BCUT2D eigenvalue weighted by Gasteiger charge is 2.38. The number of benzene rings is 2. The molecule has 0 amide bonds. The molecule has 0 N–H and O–H groups in total. The van der Waals surface area contributed by atoms with Crippen LogP contribution in [0.4, 0.5) is 13.2 Å². The van der Waals surface area contributed by atoms with Crippen molar-refractivity contribution in [1.29, 1.82) is 0 Å². The number of nitrogens with zero attached hydrogens (tertiary/aromatic N) is 5. The monoisotopic (exact) mass is 615 g/mol. The van der Waals surface area contributed by atoms with Crippen LogP contribution >= 0.6 is 11.6 Å². The Morgan fingerprint density at radius 2 is 1.84 bits per heavy atom. The number of rotatable bonds is 10. The highest BCUT2D eigenvalue weighted by Crippen LogP contribution is 2.39. The second-order valence-electron chi connectivity index (χ2n) is 9.74. The molecule has 5 aromatic rings. The zero-order valence-electron chi connectivity index (χ0n) is 23.2. The van der Waals surface area contributed by atoms with Crippen molar-refractivity contribution >= 4 is 28.3 Å². The minimum absolute atomic E-state index is 0.0485. The van der Waals surface area contributed by atoms with Crippen molar-refractivity contribution in [2.45, 2.75) is 25.1 Å². The van der Waals surface area contributed by atoms with Crippen molar-refractivity contribution in [3.63, 3.8) is 0 Å². The van der Waals surface area contributed by atoms with Crippen molar-refractivity contribution < 1.29 is 31.9 Å². The standard InChI is InChI=1S/C29H25ClF3N5O5/c1-37-14-17-10-16(4-7-22(17)36-37)11-24(39)23(8-9-41-2)38-15-25(42-3)21(13-26(38)40)20-12-18(30)5-6-19(20)27-34-35-28(43-27)29(31,32)33/h4-7,10,12-15,23H,8-9,11H2,1-3H3/t23-/m0/s1. The van der Waals surface area contributed by atoms with E-state index in [9.17, 15) is 22.8 Å². The normalized spacial score (nSPS) is 12.5. The molecule has 2 aromatic carbocycles. The largest absolute Gasteiger partial charge is 0.495 e. The van der Waals surface area contributed by atoms with Gasteiger partial charge in [-0.25, -0.2) is 0 Å². The number of ether oxygens (including phenoxy) is 2. The summed E-state index contributed by atoms with van der Waals surface area (Å²) in [6.07, 6.45) is -1.35. The van der Waals surface area contributed by atoms with Crippen LogP contribution in [-0.4, -0.2) is 51.2 Å². The first kappa shape index (κ1) is 30.0. The number of aryl methyl sites for hydroxylation is 1. The molecule has 0 aliphatic carbocycles. The number of hydrogen-bond donors (Lipinski definition) is 0. The van der Waals surface area contributed by atoms with Gasteiger partial charge in [-0.05, 0) is 47.9 Å². The Morgan fingerprint density at radius 3 is 2.53 bits per heavy atom. The van der Waals surface area contributed by atoms with Crippen LogP contribution in [0.1, 0.15) is 23.9 Å². The van der Waals surface area contributed by atoms with Gasteiger partial charge in [0.25, 0.3) is 5.56 Å². The summed E-state index contributed by atoms with van der Waals surface area (Å²) in [5.74, 6) is -2.02. The topological polar surface area (TPSA) is 114 Å². The van der Waals surface area contributed by atoms with Crippen LogP contribution in [0.25, 0.3) is 33.5 Å². The van der Waals surface area contributed by atoms with Gasteiger partial charge in [0.15, 0.2) is 5.78 Å². The molecular formula is C29H25ClF3N5O5. The zero-order valence-corrected chi connectivity index (χ0v) is 23.9. The SMILES string of the molecule is COCC[C@@H](C(=O)Cc1ccc2nn(C)cc2c1)n1cc(OC)c(-c2cc(Cl)ccc2-c2nnc(C(F)(F)F)o2)cc1=O. The first-order chi connectivity index (χ1) is 20.5. The molecule has 1 atom stereocenters. The van der Waals surface area contributed by atoms with Gasteiger partial charge in [-0.1, -0.05) is 17.7 Å². The maximum atomic E-state index is 13.6. The molecular weight excluding hydrogens is 591 g/mol. The van der Waals surface area contributed by atoms with Crippen molar-refractivity contribution in [1.82, 2.24) is 24.5 Å². The van der Waals surface area contributed by atoms with Gasteiger partial charge in [-0.15, -0.1) is 10.2 Å². The van der Waals surface area contributed by atoms with E-state index in [0.29, 0.717) is 0 Å². The van der Waals surface area contributed by atoms with Gasteiger partial charge in [0.2, 0.25) is 5.89 Å². The number of pyridine rings is 1. The van der Waals surface area contributed by atoms with Crippen molar-refractivity contribution in [2.75, 3.05) is 20.8 Å². The van der Waals surface area contributed by atoms with Crippen LogP contribution in [0.2, 0.25) is 5.02 Å². The third-order valence-electron chi connectivity index (χ3n) is 6.80. The zero-order chi connectivity index (χ0) is 30.9. The van der Waals surface area contributed by atoms with E-state index >= 15 is 0 Å². The van der Waals surface area contributed by atoms with Crippen molar-refractivity contribution in [3.05, 3.63) is 81.7 Å². The average Bonchev–Trinajstić information content (AvgIpc) is 3.60. The van der Waals surface area contributed by atoms with E-state index in [4.69, 9.17) is 25.5 Å². The van der Waals surface area contributed by atoms with E-state index in [1.807, 2.05) is 31.4 Å². The van der Waals surface area contributed by atoms with E-state index in [0.717, 1.165) is 16.5 Å². The molecule has 0 saturated carbocycles. The number of hydrogen-bond acceptors (Lipinski definition) is 8. The summed E-state index contributed by atoms with van der Waals surface area (Å²) in [4.78, 5) is 27.2. The number of alkyl halides is 3. The Balaban J connectivity index is 1.55. The molecule has 0 fully saturated rings.